The van der Waals surface area contributed by atoms with Gasteiger partial charge in [0.25, 0.3) is 0 Å². The third kappa shape index (κ3) is 3.30. The number of aliphatic carboxylic acids is 1. The van der Waals surface area contributed by atoms with Crippen LogP contribution in [0.5, 0.6) is 0 Å². The summed E-state index contributed by atoms with van der Waals surface area (Å²) in [4.78, 5) is 10.4. The Kier molecular flexibility index (Phi) is 3.71. The molecule has 0 bridgehead atoms. The molecule has 0 saturated heterocycles. The second-order valence-corrected chi connectivity index (χ2v) is 2.78. The summed E-state index contributed by atoms with van der Waals surface area (Å²) in [6.45, 7) is 0.309. The SMILES string of the molecule is NCC#Cc1cccc(CC(=O)O)c1. The summed E-state index contributed by atoms with van der Waals surface area (Å²) in [6, 6.07) is 7.14. The smallest absolute Gasteiger partial charge is 0.307 e. The van der Waals surface area contributed by atoms with Crippen molar-refractivity contribution in [2.45, 2.75) is 6.42 Å². The first-order valence-corrected chi connectivity index (χ1v) is 4.22. The van der Waals surface area contributed by atoms with Crippen LogP contribution >= 0.6 is 0 Å². The second kappa shape index (κ2) is 5.05. The molecule has 0 amide bonds. The van der Waals surface area contributed by atoms with E-state index in [2.05, 4.69) is 11.8 Å². The van der Waals surface area contributed by atoms with Gasteiger partial charge in [-0.1, -0.05) is 24.0 Å². The Morgan fingerprint density at radius 2 is 2.29 bits per heavy atom. The summed E-state index contributed by atoms with van der Waals surface area (Å²) in [5.74, 6) is 4.73. The fraction of sp³-hybridized carbons (Fsp3) is 0.182. The van der Waals surface area contributed by atoms with Crippen molar-refractivity contribution in [3.05, 3.63) is 35.4 Å². The minimum atomic E-state index is -0.839. The highest BCUT2D eigenvalue weighted by Gasteiger charge is 1.99. The van der Waals surface area contributed by atoms with Gasteiger partial charge in [-0.05, 0) is 17.7 Å². The van der Waals surface area contributed by atoms with Crippen molar-refractivity contribution in [1.29, 1.82) is 0 Å². The quantitative estimate of drug-likeness (QED) is 0.670. The highest BCUT2D eigenvalue weighted by atomic mass is 16.4. The minimum absolute atomic E-state index is 0.0259. The molecule has 3 N–H and O–H groups in total. The van der Waals surface area contributed by atoms with Gasteiger partial charge in [-0.2, -0.15) is 0 Å². The Balaban J connectivity index is 2.84. The van der Waals surface area contributed by atoms with Gasteiger partial charge in [-0.15, -0.1) is 0 Å². The molecule has 0 radical (unpaired) electrons. The number of nitrogens with two attached hydrogens (primary N) is 1. The van der Waals surface area contributed by atoms with Crippen LogP contribution in [0, 0.1) is 11.8 Å². The maximum atomic E-state index is 10.4. The molecule has 0 unspecified atom stereocenters. The van der Waals surface area contributed by atoms with Crippen LogP contribution in [0.15, 0.2) is 24.3 Å². The minimum Gasteiger partial charge on any atom is -0.481 e. The molecular weight excluding hydrogens is 178 g/mol. The lowest BCUT2D eigenvalue weighted by molar-refractivity contribution is -0.136. The van der Waals surface area contributed by atoms with E-state index in [0.29, 0.717) is 6.54 Å². The summed E-state index contributed by atoms with van der Waals surface area (Å²) in [6.07, 6.45) is 0.0259. The molecule has 0 aliphatic carbocycles. The molecule has 3 nitrogen and oxygen atoms in total. The van der Waals surface area contributed by atoms with Gasteiger partial charge < -0.3 is 10.8 Å². The summed E-state index contributed by atoms with van der Waals surface area (Å²) in [5, 5.41) is 8.58. The summed E-state index contributed by atoms with van der Waals surface area (Å²) >= 11 is 0. The molecular formula is C11H11NO2. The van der Waals surface area contributed by atoms with Gasteiger partial charge in [0, 0.05) is 5.56 Å². The molecule has 0 aliphatic rings. The van der Waals surface area contributed by atoms with Crippen molar-refractivity contribution >= 4 is 5.97 Å². The Bertz CT molecular complexity index is 388. The van der Waals surface area contributed by atoms with E-state index in [-0.39, 0.29) is 6.42 Å². The number of rotatable bonds is 2. The molecule has 0 atom stereocenters. The van der Waals surface area contributed by atoms with Gasteiger partial charge >= 0.3 is 5.97 Å². The number of hydrogen-bond donors (Lipinski definition) is 2. The normalized spacial score (nSPS) is 8.93. The number of hydrogen-bond acceptors (Lipinski definition) is 2. The lowest BCUT2D eigenvalue weighted by Gasteiger charge is -1.96. The maximum absolute atomic E-state index is 10.4. The predicted molar refractivity (Wildman–Crippen MR) is 53.7 cm³/mol. The monoisotopic (exact) mass is 189 g/mol. The molecule has 1 rings (SSSR count). The Morgan fingerprint density at radius 1 is 1.50 bits per heavy atom. The fourth-order valence-corrected chi connectivity index (χ4v) is 1.09. The van der Waals surface area contributed by atoms with E-state index in [1.54, 1.807) is 18.2 Å². The van der Waals surface area contributed by atoms with Gasteiger partial charge in [0.2, 0.25) is 0 Å². The van der Waals surface area contributed by atoms with Gasteiger partial charge in [0.1, 0.15) is 0 Å². The second-order valence-electron chi connectivity index (χ2n) is 2.78. The van der Waals surface area contributed by atoms with Crippen LogP contribution in [0.1, 0.15) is 11.1 Å². The third-order valence-corrected chi connectivity index (χ3v) is 1.62. The number of benzene rings is 1. The summed E-state index contributed by atoms with van der Waals surface area (Å²) in [5.41, 5.74) is 6.78. The zero-order chi connectivity index (χ0) is 10.4. The molecule has 1 aromatic rings. The van der Waals surface area contributed by atoms with Crippen molar-refractivity contribution < 1.29 is 9.90 Å². The maximum Gasteiger partial charge on any atom is 0.307 e. The molecule has 0 spiro atoms. The van der Waals surface area contributed by atoms with Crippen LogP contribution in [0.25, 0.3) is 0 Å². The lowest BCUT2D eigenvalue weighted by atomic mass is 10.1. The molecule has 72 valence electrons. The van der Waals surface area contributed by atoms with Gasteiger partial charge in [0.15, 0.2) is 0 Å². The first-order chi connectivity index (χ1) is 6.72. The largest absolute Gasteiger partial charge is 0.481 e. The van der Waals surface area contributed by atoms with Crippen molar-refractivity contribution in [3.8, 4) is 11.8 Å². The summed E-state index contributed by atoms with van der Waals surface area (Å²) in [7, 11) is 0. The van der Waals surface area contributed by atoms with Crippen LogP contribution < -0.4 is 5.73 Å². The molecule has 14 heavy (non-hydrogen) atoms. The van der Waals surface area contributed by atoms with Crippen LogP contribution in [0.2, 0.25) is 0 Å². The average Bonchev–Trinajstić information content (AvgIpc) is 2.14. The highest BCUT2D eigenvalue weighted by molar-refractivity contribution is 5.70. The van der Waals surface area contributed by atoms with E-state index in [0.717, 1.165) is 11.1 Å². The topological polar surface area (TPSA) is 63.3 Å². The van der Waals surface area contributed by atoms with Crippen molar-refractivity contribution in [1.82, 2.24) is 0 Å². The number of carboxylic acid groups (broad SMARTS) is 1. The van der Waals surface area contributed by atoms with Crippen LogP contribution in [-0.2, 0) is 11.2 Å². The van der Waals surface area contributed by atoms with E-state index >= 15 is 0 Å². The van der Waals surface area contributed by atoms with Crippen molar-refractivity contribution in [2.75, 3.05) is 6.54 Å². The first kappa shape index (κ1) is 10.3. The Hall–Kier alpha value is -1.79. The highest BCUT2D eigenvalue weighted by Crippen LogP contribution is 2.04. The fourth-order valence-electron chi connectivity index (χ4n) is 1.09. The number of carbonyl (C=O) groups is 1. The van der Waals surface area contributed by atoms with E-state index in [4.69, 9.17) is 10.8 Å². The van der Waals surface area contributed by atoms with Crippen molar-refractivity contribution in [3.63, 3.8) is 0 Å². The van der Waals surface area contributed by atoms with Crippen LogP contribution in [0.4, 0.5) is 0 Å². The van der Waals surface area contributed by atoms with Gasteiger partial charge in [0.05, 0.1) is 13.0 Å². The summed E-state index contributed by atoms with van der Waals surface area (Å²) < 4.78 is 0. The van der Waals surface area contributed by atoms with E-state index in [1.807, 2.05) is 6.07 Å². The standard InChI is InChI=1S/C11H11NO2/c12-6-2-5-9-3-1-4-10(7-9)8-11(13)14/h1,3-4,7H,6,8,12H2,(H,13,14). The predicted octanol–water partition coefficient (Wildman–Crippen LogP) is 0.624. The average molecular weight is 189 g/mol. The third-order valence-electron chi connectivity index (χ3n) is 1.62. The molecule has 0 aromatic heterocycles. The first-order valence-electron chi connectivity index (χ1n) is 4.22. The van der Waals surface area contributed by atoms with Crippen molar-refractivity contribution in [2.24, 2.45) is 5.73 Å². The molecule has 0 fully saturated rings. The molecule has 3 heteroatoms. The zero-order valence-electron chi connectivity index (χ0n) is 7.66. The van der Waals surface area contributed by atoms with Gasteiger partial charge in [-0.25, -0.2) is 0 Å². The number of carboxylic acids is 1. The Labute approximate surface area is 82.6 Å². The van der Waals surface area contributed by atoms with E-state index < -0.39 is 5.97 Å². The zero-order valence-corrected chi connectivity index (χ0v) is 7.66. The van der Waals surface area contributed by atoms with Crippen LogP contribution in [-0.4, -0.2) is 17.6 Å². The molecule has 0 heterocycles. The molecule has 1 aromatic carbocycles. The Morgan fingerprint density at radius 3 is 2.93 bits per heavy atom. The van der Waals surface area contributed by atoms with Crippen LogP contribution in [0.3, 0.4) is 0 Å². The molecule has 0 saturated carbocycles. The van der Waals surface area contributed by atoms with Gasteiger partial charge in [-0.3, -0.25) is 4.79 Å². The van der Waals surface area contributed by atoms with E-state index in [1.165, 1.54) is 0 Å². The van der Waals surface area contributed by atoms with E-state index in [9.17, 15) is 4.79 Å². The molecule has 0 aliphatic heterocycles. The lowest BCUT2D eigenvalue weighted by Crippen LogP contribution is -2.00.